The van der Waals surface area contributed by atoms with Crippen molar-refractivity contribution < 1.29 is 9.53 Å². The molecular weight excluding hydrogens is 288 g/mol. The van der Waals surface area contributed by atoms with Crippen molar-refractivity contribution in [1.82, 2.24) is 4.98 Å². The Kier molecular flexibility index (Phi) is 4.06. The fraction of sp³-hybridized carbons (Fsp3) is 0.211. The van der Waals surface area contributed by atoms with Crippen molar-refractivity contribution in [1.29, 1.82) is 0 Å². The number of nitrogens with one attached hydrogen (secondary N) is 2. The van der Waals surface area contributed by atoms with E-state index in [1.807, 2.05) is 31.2 Å². The Morgan fingerprint density at radius 2 is 1.96 bits per heavy atom. The van der Waals surface area contributed by atoms with E-state index in [0.29, 0.717) is 17.9 Å². The van der Waals surface area contributed by atoms with Crippen molar-refractivity contribution in [2.45, 2.75) is 20.3 Å². The zero-order valence-corrected chi connectivity index (χ0v) is 13.6. The zero-order chi connectivity index (χ0) is 16.4. The largest absolute Gasteiger partial charge is 0.495 e. The molecule has 0 saturated heterocycles. The number of aryl methyl sites for hydroxylation is 2. The summed E-state index contributed by atoms with van der Waals surface area (Å²) in [6, 6.07) is 13.7. The number of aromatic nitrogens is 1. The van der Waals surface area contributed by atoms with Crippen LogP contribution in [-0.2, 0) is 11.2 Å². The molecule has 0 spiro atoms. The number of para-hydroxylation sites is 2. The normalized spacial score (nSPS) is 10.7. The number of hydrogen-bond acceptors (Lipinski definition) is 2. The molecule has 2 N–H and O–H groups in total. The molecule has 23 heavy (non-hydrogen) atoms. The van der Waals surface area contributed by atoms with Crippen LogP contribution in [0.2, 0.25) is 0 Å². The van der Waals surface area contributed by atoms with Gasteiger partial charge in [-0.05, 0) is 43.7 Å². The van der Waals surface area contributed by atoms with Crippen LogP contribution in [0.15, 0.2) is 42.5 Å². The van der Waals surface area contributed by atoms with Gasteiger partial charge in [0.1, 0.15) is 5.75 Å². The van der Waals surface area contributed by atoms with Gasteiger partial charge in [-0.1, -0.05) is 23.8 Å². The standard InChI is InChI=1S/C19H20N2O2/c1-12-8-9-16-15(10-12)14(13(2)20-16)11-19(22)21-17-6-4-5-7-18(17)23-3/h4-10,20H,11H2,1-3H3,(H,21,22). The lowest BCUT2D eigenvalue weighted by atomic mass is 10.1. The Labute approximate surface area is 135 Å². The third kappa shape index (κ3) is 3.06. The Bertz CT molecular complexity index is 865. The fourth-order valence-electron chi connectivity index (χ4n) is 2.83. The van der Waals surface area contributed by atoms with Crippen molar-refractivity contribution in [2.24, 2.45) is 0 Å². The summed E-state index contributed by atoms with van der Waals surface area (Å²) in [5, 5.41) is 4.04. The molecule has 3 rings (SSSR count). The van der Waals surface area contributed by atoms with Gasteiger partial charge in [-0.25, -0.2) is 0 Å². The minimum atomic E-state index is -0.0555. The summed E-state index contributed by atoms with van der Waals surface area (Å²) >= 11 is 0. The van der Waals surface area contributed by atoms with E-state index in [-0.39, 0.29) is 5.91 Å². The van der Waals surface area contributed by atoms with Gasteiger partial charge in [0.25, 0.3) is 0 Å². The highest BCUT2D eigenvalue weighted by Gasteiger charge is 2.14. The first-order valence-electron chi connectivity index (χ1n) is 7.59. The average Bonchev–Trinajstić information content (AvgIpc) is 2.83. The van der Waals surface area contributed by atoms with Gasteiger partial charge in [-0.3, -0.25) is 4.79 Å². The number of hydrogen-bond donors (Lipinski definition) is 2. The first-order chi connectivity index (χ1) is 11.1. The summed E-state index contributed by atoms with van der Waals surface area (Å²) in [7, 11) is 1.59. The molecule has 2 aromatic carbocycles. The molecule has 3 aromatic rings. The quantitative estimate of drug-likeness (QED) is 0.766. The highest BCUT2D eigenvalue weighted by Crippen LogP contribution is 2.26. The summed E-state index contributed by atoms with van der Waals surface area (Å²) in [5.74, 6) is 0.604. The molecule has 0 aliphatic rings. The van der Waals surface area contributed by atoms with E-state index >= 15 is 0 Å². The highest BCUT2D eigenvalue weighted by molar-refractivity contribution is 5.97. The van der Waals surface area contributed by atoms with Gasteiger partial charge in [0.15, 0.2) is 0 Å². The molecule has 1 heterocycles. The number of aromatic amines is 1. The van der Waals surface area contributed by atoms with Gasteiger partial charge >= 0.3 is 0 Å². The van der Waals surface area contributed by atoms with Crippen LogP contribution >= 0.6 is 0 Å². The van der Waals surface area contributed by atoms with Crippen LogP contribution in [0.5, 0.6) is 5.75 Å². The van der Waals surface area contributed by atoms with Gasteiger partial charge in [0.2, 0.25) is 5.91 Å². The number of carbonyl (C=O) groups excluding carboxylic acids is 1. The second-order valence-corrected chi connectivity index (χ2v) is 5.70. The van der Waals surface area contributed by atoms with Gasteiger partial charge < -0.3 is 15.0 Å². The number of ether oxygens (including phenoxy) is 1. The topological polar surface area (TPSA) is 54.1 Å². The third-order valence-corrected chi connectivity index (χ3v) is 3.99. The molecular formula is C19H20N2O2. The minimum absolute atomic E-state index is 0.0555. The number of amides is 1. The maximum absolute atomic E-state index is 12.4. The van der Waals surface area contributed by atoms with E-state index in [1.54, 1.807) is 7.11 Å². The van der Waals surface area contributed by atoms with E-state index in [0.717, 1.165) is 22.2 Å². The molecule has 0 aliphatic heterocycles. The highest BCUT2D eigenvalue weighted by atomic mass is 16.5. The van der Waals surface area contributed by atoms with Gasteiger partial charge in [-0.2, -0.15) is 0 Å². The second kappa shape index (κ2) is 6.16. The number of carbonyl (C=O) groups is 1. The Morgan fingerprint density at radius 1 is 1.17 bits per heavy atom. The molecule has 1 amide bonds. The van der Waals surface area contributed by atoms with Crippen LogP contribution < -0.4 is 10.1 Å². The summed E-state index contributed by atoms with van der Waals surface area (Å²) in [6.07, 6.45) is 0.327. The van der Waals surface area contributed by atoms with Gasteiger partial charge in [0, 0.05) is 16.6 Å². The number of fused-ring (bicyclic) bond motifs is 1. The molecule has 0 aliphatic carbocycles. The number of methoxy groups -OCH3 is 1. The lowest BCUT2D eigenvalue weighted by Crippen LogP contribution is -2.15. The maximum Gasteiger partial charge on any atom is 0.228 e. The van der Waals surface area contributed by atoms with E-state index in [1.165, 1.54) is 5.56 Å². The molecule has 1 aromatic heterocycles. The molecule has 118 valence electrons. The van der Waals surface area contributed by atoms with Crippen LogP contribution in [-0.4, -0.2) is 18.0 Å². The zero-order valence-electron chi connectivity index (χ0n) is 13.6. The third-order valence-electron chi connectivity index (χ3n) is 3.99. The van der Waals surface area contributed by atoms with Crippen molar-refractivity contribution in [3.8, 4) is 5.75 Å². The lowest BCUT2D eigenvalue weighted by molar-refractivity contribution is -0.115. The van der Waals surface area contributed by atoms with Crippen LogP contribution in [0.4, 0.5) is 5.69 Å². The fourth-order valence-corrected chi connectivity index (χ4v) is 2.83. The van der Waals surface area contributed by atoms with E-state index < -0.39 is 0 Å². The molecule has 4 heteroatoms. The van der Waals surface area contributed by atoms with Crippen LogP contribution in [0.25, 0.3) is 10.9 Å². The van der Waals surface area contributed by atoms with Crippen molar-refractivity contribution >= 4 is 22.5 Å². The van der Waals surface area contributed by atoms with Crippen molar-refractivity contribution in [3.05, 3.63) is 59.3 Å². The van der Waals surface area contributed by atoms with E-state index in [9.17, 15) is 4.79 Å². The first-order valence-corrected chi connectivity index (χ1v) is 7.59. The minimum Gasteiger partial charge on any atom is -0.495 e. The monoisotopic (exact) mass is 308 g/mol. The molecule has 4 nitrogen and oxygen atoms in total. The Balaban J connectivity index is 1.86. The van der Waals surface area contributed by atoms with Crippen LogP contribution in [0, 0.1) is 13.8 Å². The maximum atomic E-state index is 12.4. The number of benzene rings is 2. The van der Waals surface area contributed by atoms with E-state index in [2.05, 4.69) is 35.4 Å². The molecule has 0 atom stereocenters. The molecule has 0 saturated carbocycles. The Hall–Kier alpha value is -2.75. The summed E-state index contributed by atoms with van der Waals surface area (Å²) in [4.78, 5) is 15.8. The molecule has 0 radical (unpaired) electrons. The predicted octanol–water partition coefficient (Wildman–Crippen LogP) is 3.97. The Morgan fingerprint density at radius 3 is 2.74 bits per heavy atom. The van der Waals surface area contributed by atoms with Crippen LogP contribution in [0.1, 0.15) is 16.8 Å². The van der Waals surface area contributed by atoms with Crippen molar-refractivity contribution in [3.63, 3.8) is 0 Å². The lowest BCUT2D eigenvalue weighted by Gasteiger charge is -2.10. The molecule has 0 fully saturated rings. The summed E-state index contributed by atoms with van der Waals surface area (Å²) in [6.45, 7) is 4.06. The molecule has 0 bridgehead atoms. The van der Waals surface area contributed by atoms with Gasteiger partial charge in [0.05, 0.1) is 19.2 Å². The van der Waals surface area contributed by atoms with E-state index in [4.69, 9.17) is 4.74 Å². The number of rotatable bonds is 4. The molecule has 0 unspecified atom stereocenters. The predicted molar refractivity (Wildman–Crippen MR) is 93.1 cm³/mol. The summed E-state index contributed by atoms with van der Waals surface area (Å²) in [5.41, 5.74) is 5.00. The smallest absolute Gasteiger partial charge is 0.228 e. The van der Waals surface area contributed by atoms with Crippen LogP contribution in [0.3, 0.4) is 0 Å². The number of H-pyrrole nitrogens is 1. The average molecular weight is 308 g/mol. The SMILES string of the molecule is COc1ccccc1NC(=O)Cc1c(C)[nH]c2ccc(C)cc12. The number of anilines is 1. The van der Waals surface area contributed by atoms with Crippen molar-refractivity contribution in [2.75, 3.05) is 12.4 Å². The van der Waals surface area contributed by atoms with Gasteiger partial charge in [-0.15, -0.1) is 0 Å². The summed E-state index contributed by atoms with van der Waals surface area (Å²) < 4.78 is 5.27. The second-order valence-electron chi connectivity index (χ2n) is 5.70. The first kappa shape index (κ1) is 15.2.